The normalized spacial score (nSPS) is 11.9. The Labute approximate surface area is 431 Å². The van der Waals surface area contributed by atoms with Crippen LogP contribution in [-0.2, 0) is 0 Å². The maximum atomic E-state index is 2.54. The zero-order valence-corrected chi connectivity index (χ0v) is 41.9. The van der Waals surface area contributed by atoms with E-state index in [4.69, 9.17) is 0 Å². The minimum Gasteiger partial charge on any atom is -0.308 e. The number of rotatable bonds is 8. The van der Waals surface area contributed by atoms with Crippen LogP contribution in [0.2, 0.25) is 0 Å². The fourth-order valence-electron chi connectivity index (χ4n) is 11.1. The molecule has 15 aromatic rings. The van der Waals surface area contributed by atoms with Gasteiger partial charge in [-0.3, -0.25) is 0 Å². The molecule has 0 aliphatic rings. The zero-order valence-electron chi connectivity index (χ0n) is 38.6. The molecule has 0 N–H and O–H groups in total. The first kappa shape index (κ1) is 41.7. The van der Waals surface area contributed by atoms with E-state index in [0.717, 1.165) is 28.2 Å². The zero-order chi connectivity index (χ0) is 47.3. The largest absolute Gasteiger partial charge is 0.308 e. The summed E-state index contributed by atoms with van der Waals surface area (Å²) in [6.07, 6.45) is 0. The number of hydrogen-bond donors (Lipinski definition) is 0. The van der Waals surface area contributed by atoms with E-state index in [1.54, 1.807) is 0 Å². The van der Waals surface area contributed by atoms with E-state index in [-0.39, 0.29) is 0 Å². The van der Waals surface area contributed by atoms with Crippen LogP contribution in [-0.4, -0.2) is 0 Å². The summed E-state index contributed by atoms with van der Waals surface area (Å²) in [7, 11) is 0. The summed E-state index contributed by atoms with van der Waals surface area (Å²) >= 11 is 7.51. The van der Waals surface area contributed by atoms with Crippen LogP contribution in [0.25, 0.3) is 103 Å². The molecule has 15 rings (SSSR count). The van der Waals surface area contributed by atoms with E-state index >= 15 is 0 Å². The third-order valence-corrected chi connectivity index (χ3v) is 19.0. The summed E-state index contributed by atoms with van der Waals surface area (Å²) in [5.74, 6) is 0. The van der Waals surface area contributed by atoms with E-state index in [2.05, 4.69) is 252 Å². The van der Waals surface area contributed by atoms with Crippen LogP contribution in [0.4, 0.5) is 34.1 Å². The minimum atomic E-state index is 1.10. The van der Waals surface area contributed by atoms with Crippen molar-refractivity contribution in [3.8, 4) is 22.3 Å². The Morgan fingerprint density at radius 2 is 0.639 bits per heavy atom. The summed E-state index contributed by atoms with van der Waals surface area (Å²) in [6.45, 7) is 0. The van der Waals surface area contributed by atoms with Crippen LogP contribution in [0.1, 0.15) is 0 Å². The van der Waals surface area contributed by atoms with Crippen molar-refractivity contribution in [3.05, 3.63) is 243 Å². The van der Waals surface area contributed by atoms with Crippen LogP contribution in [0.15, 0.2) is 243 Å². The van der Waals surface area contributed by atoms with Crippen molar-refractivity contribution < 1.29 is 0 Å². The van der Waals surface area contributed by atoms with Crippen molar-refractivity contribution >= 4 is 160 Å². The molecule has 4 heterocycles. The molecule has 2 nitrogen and oxygen atoms in total. The Morgan fingerprint density at radius 1 is 0.236 bits per heavy atom. The standard InChI is InChI=1S/C66H40N2S4/c1-2-17-41(18-3-1)46-37-38-54(63-52-26-7-11-35-60(52)72-66(46)63)68(56-31-15-28-50-48-24-5-9-33-58(48)71-65(50)56)45-22-13-20-43(40-45)42-19-12-21-44(39-42)67(53-29-16-36-61-62(53)51-25-6-10-34-59(51)69-61)55-30-14-27-49-47-23-4-8-32-57(47)70-64(49)55/h1-40H. The highest BCUT2D eigenvalue weighted by Gasteiger charge is 2.25. The quantitative estimate of drug-likeness (QED) is 0.150. The molecule has 0 atom stereocenters. The van der Waals surface area contributed by atoms with E-state index < -0.39 is 0 Å². The second-order valence-electron chi connectivity index (χ2n) is 18.3. The Balaban J connectivity index is 0.955. The van der Waals surface area contributed by atoms with E-state index in [0.29, 0.717) is 0 Å². The van der Waals surface area contributed by atoms with Crippen LogP contribution in [0, 0.1) is 0 Å². The third-order valence-electron chi connectivity index (χ3n) is 14.2. The molecule has 0 aliphatic carbocycles. The summed E-state index contributed by atoms with van der Waals surface area (Å²) in [5.41, 5.74) is 11.7. The molecular formula is C66H40N2S4. The molecule has 6 heteroatoms. The monoisotopic (exact) mass is 988 g/mol. The molecule has 0 bridgehead atoms. The maximum Gasteiger partial charge on any atom is 0.0640 e. The molecule has 0 radical (unpaired) electrons. The topological polar surface area (TPSA) is 6.48 Å². The molecule has 0 aliphatic heterocycles. The lowest BCUT2D eigenvalue weighted by molar-refractivity contribution is 1.31. The maximum absolute atomic E-state index is 2.54. The first-order valence-corrected chi connectivity index (χ1v) is 27.5. The number of nitrogens with zero attached hydrogens (tertiary/aromatic N) is 2. The van der Waals surface area contributed by atoms with Crippen molar-refractivity contribution in [1.29, 1.82) is 0 Å². The SMILES string of the molecule is c1ccc(-c2ccc(N(c3cccc(-c4cccc(N(c5cccc6c5sc5ccccc56)c5cccc6sc7ccccc7c56)c4)c3)c3cccc4c3sc3ccccc34)c3c2sc2ccccc23)cc1. The first-order valence-electron chi connectivity index (χ1n) is 24.2. The lowest BCUT2D eigenvalue weighted by Gasteiger charge is -2.28. The van der Waals surface area contributed by atoms with Gasteiger partial charge in [0.15, 0.2) is 0 Å². The van der Waals surface area contributed by atoms with Crippen molar-refractivity contribution in [2.45, 2.75) is 0 Å². The minimum absolute atomic E-state index is 1.10. The number of fused-ring (bicyclic) bond motifs is 12. The van der Waals surface area contributed by atoms with Gasteiger partial charge in [-0.1, -0.05) is 164 Å². The number of anilines is 6. The Bertz CT molecular complexity index is 4610. The molecule has 4 aromatic heterocycles. The molecule has 0 fully saturated rings. The van der Waals surface area contributed by atoms with Crippen molar-refractivity contribution in [3.63, 3.8) is 0 Å². The van der Waals surface area contributed by atoms with Gasteiger partial charge >= 0.3 is 0 Å². The predicted molar refractivity (Wildman–Crippen MR) is 318 cm³/mol. The van der Waals surface area contributed by atoms with Gasteiger partial charge in [-0.05, 0) is 101 Å². The summed E-state index contributed by atoms with van der Waals surface area (Å²) in [6, 6.07) is 89.9. The highest BCUT2D eigenvalue weighted by atomic mass is 32.1. The molecule has 0 spiro atoms. The van der Waals surface area contributed by atoms with Gasteiger partial charge in [-0.25, -0.2) is 0 Å². The lowest BCUT2D eigenvalue weighted by Crippen LogP contribution is -2.11. The van der Waals surface area contributed by atoms with Crippen molar-refractivity contribution in [1.82, 2.24) is 0 Å². The summed E-state index contributed by atoms with van der Waals surface area (Å²) in [4.78, 5) is 5.06. The Morgan fingerprint density at radius 3 is 1.24 bits per heavy atom. The van der Waals surface area contributed by atoms with Gasteiger partial charge in [0, 0.05) is 82.7 Å². The van der Waals surface area contributed by atoms with Crippen molar-refractivity contribution in [2.24, 2.45) is 0 Å². The molecule has 0 amide bonds. The van der Waals surface area contributed by atoms with Gasteiger partial charge in [-0.2, -0.15) is 0 Å². The van der Waals surface area contributed by atoms with E-state index in [1.165, 1.54) is 109 Å². The van der Waals surface area contributed by atoms with Crippen LogP contribution < -0.4 is 9.80 Å². The van der Waals surface area contributed by atoms with Gasteiger partial charge in [0.05, 0.1) is 32.1 Å². The second-order valence-corrected chi connectivity index (χ2v) is 22.6. The molecule has 0 saturated heterocycles. The van der Waals surface area contributed by atoms with Gasteiger partial charge < -0.3 is 9.80 Å². The number of benzene rings is 11. The molecule has 0 saturated carbocycles. The van der Waals surface area contributed by atoms with Gasteiger partial charge in [-0.15, -0.1) is 45.3 Å². The molecule has 0 unspecified atom stereocenters. The fourth-order valence-corrected chi connectivity index (χ4v) is 15.9. The summed E-state index contributed by atoms with van der Waals surface area (Å²) < 4.78 is 10.3. The molecular weight excluding hydrogens is 949 g/mol. The molecule has 72 heavy (non-hydrogen) atoms. The Kier molecular flexibility index (Phi) is 9.70. The highest BCUT2D eigenvalue weighted by Crippen LogP contribution is 2.53. The number of thiophene rings is 4. The second kappa shape index (κ2) is 16.8. The van der Waals surface area contributed by atoms with Gasteiger partial charge in [0.2, 0.25) is 0 Å². The first-order chi connectivity index (χ1) is 35.7. The molecule has 338 valence electrons. The van der Waals surface area contributed by atoms with Crippen LogP contribution in [0.5, 0.6) is 0 Å². The average Bonchev–Trinajstić information content (AvgIpc) is 4.23. The highest BCUT2D eigenvalue weighted by molar-refractivity contribution is 7.27. The summed E-state index contributed by atoms with van der Waals surface area (Å²) in [5, 5.41) is 10.2. The number of hydrogen-bond acceptors (Lipinski definition) is 6. The molecule has 11 aromatic carbocycles. The van der Waals surface area contributed by atoms with Gasteiger partial charge in [0.1, 0.15) is 0 Å². The van der Waals surface area contributed by atoms with Crippen molar-refractivity contribution in [2.75, 3.05) is 9.80 Å². The van der Waals surface area contributed by atoms with E-state index in [9.17, 15) is 0 Å². The smallest absolute Gasteiger partial charge is 0.0640 e. The van der Waals surface area contributed by atoms with Crippen LogP contribution >= 0.6 is 45.3 Å². The predicted octanol–water partition coefficient (Wildman–Crippen LogP) is 21.4. The fraction of sp³-hybridized carbons (Fsp3) is 0. The van der Waals surface area contributed by atoms with Crippen LogP contribution in [0.3, 0.4) is 0 Å². The third kappa shape index (κ3) is 6.57. The average molecular weight is 989 g/mol. The Hall–Kier alpha value is -8.10. The van der Waals surface area contributed by atoms with E-state index in [1.807, 2.05) is 45.3 Å². The van der Waals surface area contributed by atoms with Gasteiger partial charge in [0.25, 0.3) is 0 Å². The lowest BCUT2D eigenvalue weighted by atomic mass is 9.99.